The summed E-state index contributed by atoms with van der Waals surface area (Å²) in [6.07, 6.45) is -7.51. The topological polar surface area (TPSA) is 411 Å². The van der Waals surface area contributed by atoms with E-state index in [2.05, 4.69) is 47.9 Å². The number of carbonyl (C=O) groups excluding carboxylic acids is 12. The molecule has 0 radical (unpaired) electrons. The Bertz CT molecular complexity index is 2430. The third-order valence-corrected chi connectivity index (χ3v) is 12.5. The summed E-state index contributed by atoms with van der Waals surface area (Å²) in [5, 5.41) is 31.5. The van der Waals surface area contributed by atoms with Crippen molar-refractivity contribution in [3.8, 4) is 5.75 Å². The van der Waals surface area contributed by atoms with Crippen molar-refractivity contribution in [3.05, 3.63) is 59.7 Å². The molecular weight excluding hydrogens is 1030 g/mol. The lowest BCUT2D eigenvalue weighted by atomic mass is 9.96. The summed E-state index contributed by atoms with van der Waals surface area (Å²) < 4.78 is 39.0. The second-order valence-corrected chi connectivity index (χ2v) is 18.8. The van der Waals surface area contributed by atoms with E-state index in [0.29, 0.717) is 12.0 Å². The standard InChI is InChI=1S/C47H63F3N12O13S/c1-3-24(2)40-46(75)60-30(12-14-34(51)64)43(72)61-33(21-35(52)65)44(73)59-31(16-18-76-19-17-38(68)58-32(45(74)62-40)20-25-4-10-28(63)11-5-25)42(71)55-23-39(69)57-29(41(70)54-22-36(53)66)13-15-37(67)56-27-8-6-26(7-9-27)47(48,49)50/h4-11,24,29-33,40,63H,3,12-23H2,1-2H3,(H2,51,64)(H2,52,65)(H2,53,66)(H,54,70)(H,55,71)(H,56,67)(H,57,69)(H,58,68)(H,59,73)(H,60,75)(H,61,72)(H,62,74)/t24-,29-,30?,31-,32-,33-,40-/m0/s1. The molecule has 1 heterocycles. The molecule has 0 bridgehead atoms. The van der Waals surface area contributed by atoms with Gasteiger partial charge >= 0.3 is 6.18 Å². The van der Waals surface area contributed by atoms with Crippen LogP contribution in [0.25, 0.3) is 0 Å². The molecule has 0 spiro atoms. The van der Waals surface area contributed by atoms with Gasteiger partial charge in [-0.2, -0.15) is 24.9 Å². The van der Waals surface area contributed by atoms with Crippen LogP contribution in [0.1, 0.15) is 76.3 Å². The molecule has 2 aromatic rings. The zero-order valence-electron chi connectivity index (χ0n) is 41.5. The molecule has 1 saturated heterocycles. The number of rotatable bonds is 20. The van der Waals surface area contributed by atoms with Crippen molar-refractivity contribution in [2.45, 2.75) is 114 Å². The van der Waals surface area contributed by atoms with Gasteiger partial charge in [0, 0.05) is 37.1 Å². The molecule has 1 unspecified atom stereocenters. The first-order chi connectivity index (χ1) is 35.7. The zero-order valence-corrected chi connectivity index (χ0v) is 42.3. The number of phenols is 1. The number of primary amides is 3. The van der Waals surface area contributed by atoms with E-state index in [1.807, 2.05) is 0 Å². The van der Waals surface area contributed by atoms with Crippen molar-refractivity contribution in [1.82, 2.24) is 42.5 Å². The van der Waals surface area contributed by atoms with Crippen LogP contribution in [0.3, 0.4) is 0 Å². The predicted octanol–water partition coefficient (Wildman–Crippen LogP) is -2.29. The Morgan fingerprint density at radius 3 is 1.96 bits per heavy atom. The minimum Gasteiger partial charge on any atom is -0.508 e. The van der Waals surface area contributed by atoms with Gasteiger partial charge in [0.15, 0.2) is 0 Å². The number of benzene rings is 2. The van der Waals surface area contributed by atoms with Crippen molar-refractivity contribution in [2.24, 2.45) is 23.1 Å². The molecule has 0 aliphatic carbocycles. The summed E-state index contributed by atoms with van der Waals surface area (Å²) in [7, 11) is 0. The molecule has 12 amide bonds. The van der Waals surface area contributed by atoms with Crippen LogP contribution in [0, 0.1) is 5.92 Å². The van der Waals surface area contributed by atoms with Gasteiger partial charge in [-0.25, -0.2) is 0 Å². The Morgan fingerprint density at radius 2 is 1.36 bits per heavy atom. The number of carbonyl (C=O) groups is 12. The number of nitrogens with one attached hydrogen (secondary N) is 9. The third kappa shape index (κ3) is 22.2. The van der Waals surface area contributed by atoms with Gasteiger partial charge in [0.25, 0.3) is 0 Å². The number of amides is 12. The number of hydrogen-bond donors (Lipinski definition) is 13. The molecule has 0 saturated carbocycles. The van der Waals surface area contributed by atoms with Crippen molar-refractivity contribution >= 4 is 88.3 Å². The monoisotopic (exact) mass is 1090 g/mol. The van der Waals surface area contributed by atoms with Gasteiger partial charge in [-0.15, -0.1) is 0 Å². The first kappa shape index (κ1) is 62.3. The second kappa shape index (κ2) is 30.4. The maximum absolute atomic E-state index is 14.0. The Balaban J connectivity index is 1.90. The van der Waals surface area contributed by atoms with Crippen molar-refractivity contribution in [3.63, 3.8) is 0 Å². The Morgan fingerprint density at radius 1 is 0.724 bits per heavy atom. The molecule has 7 atom stereocenters. The lowest BCUT2D eigenvalue weighted by molar-refractivity contribution is -0.137. The van der Waals surface area contributed by atoms with Crippen LogP contribution in [0.15, 0.2) is 48.5 Å². The number of alkyl halides is 3. The van der Waals surface area contributed by atoms with Crippen LogP contribution in [0.5, 0.6) is 5.75 Å². The number of thioether (sulfide) groups is 1. The Kier molecular flexibility index (Phi) is 24.9. The van der Waals surface area contributed by atoms with E-state index >= 15 is 0 Å². The fraction of sp³-hybridized carbons (Fsp3) is 0.489. The Labute approximate surface area is 438 Å². The summed E-state index contributed by atoms with van der Waals surface area (Å²) >= 11 is 1.13. The molecule has 1 fully saturated rings. The van der Waals surface area contributed by atoms with Crippen LogP contribution in [-0.2, 0) is 70.1 Å². The highest BCUT2D eigenvalue weighted by Crippen LogP contribution is 2.30. The number of anilines is 1. The van der Waals surface area contributed by atoms with E-state index in [-0.39, 0.29) is 42.2 Å². The third-order valence-electron chi connectivity index (χ3n) is 11.5. The lowest BCUT2D eigenvalue weighted by Crippen LogP contribution is -2.61. The molecule has 1 aliphatic heterocycles. The van der Waals surface area contributed by atoms with E-state index in [1.54, 1.807) is 13.8 Å². The van der Waals surface area contributed by atoms with Gasteiger partial charge in [0.1, 0.15) is 42.0 Å². The van der Waals surface area contributed by atoms with Gasteiger partial charge in [-0.05, 0) is 72.9 Å². The number of aromatic hydroxyl groups is 1. The highest BCUT2D eigenvalue weighted by Gasteiger charge is 2.36. The lowest BCUT2D eigenvalue weighted by Gasteiger charge is -2.29. The summed E-state index contributed by atoms with van der Waals surface area (Å²) in [5.41, 5.74) is 15.5. The maximum Gasteiger partial charge on any atom is 0.416 e. The van der Waals surface area contributed by atoms with E-state index in [1.165, 1.54) is 24.3 Å². The summed E-state index contributed by atoms with van der Waals surface area (Å²) in [4.78, 5) is 157. The quantitative estimate of drug-likeness (QED) is 0.0665. The minimum absolute atomic E-state index is 0.0148. The first-order valence-corrected chi connectivity index (χ1v) is 24.9. The number of hydrogen-bond acceptors (Lipinski definition) is 14. The van der Waals surface area contributed by atoms with Gasteiger partial charge in [0.05, 0.1) is 25.1 Å². The first-order valence-electron chi connectivity index (χ1n) is 23.8. The minimum atomic E-state index is -4.63. The molecule has 25 nitrogen and oxygen atoms in total. The highest BCUT2D eigenvalue weighted by atomic mass is 32.2. The smallest absolute Gasteiger partial charge is 0.416 e. The average molecular weight is 1090 g/mol. The number of phenolic OH excluding ortho intramolecular Hbond substituents is 1. The zero-order chi connectivity index (χ0) is 56.7. The highest BCUT2D eigenvalue weighted by molar-refractivity contribution is 7.99. The Hall–Kier alpha value is -7.98. The van der Waals surface area contributed by atoms with Crippen LogP contribution >= 0.6 is 11.8 Å². The number of nitrogens with two attached hydrogens (primary N) is 3. The molecule has 3 rings (SSSR count). The fourth-order valence-corrected chi connectivity index (χ4v) is 8.09. The van der Waals surface area contributed by atoms with E-state index in [0.717, 1.165) is 36.0 Å². The predicted molar refractivity (Wildman–Crippen MR) is 266 cm³/mol. The molecule has 16 N–H and O–H groups in total. The van der Waals surface area contributed by atoms with Crippen molar-refractivity contribution in [2.75, 3.05) is 29.9 Å². The molecular formula is C47H63F3N12O13S. The van der Waals surface area contributed by atoms with Crippen LogP contribution in [0.4, 0.5) is 18.9 Å². The molecule has 1 aliphatic rings. The van der Waals surface area contributed by atoms with Gasteiger partial charge in [0.2, 0.25) is 70.9 Å². The van der Waals surface area contributed by atoms with Crippen LogP contribution in [0.2, 0.25) is 0 Å². The van der Waals surface area contributed by atoms with Crippen molar-refractivity contribution < 1.29 is 75.8 Å². The SMILES string of the molecule is CC[C@H](C)[C@@H]1NC(=O)[C@H](Cc2ccc(O)cc2)NC(=O)CCSCC[C@@H](C(=O)NCC(=O)N[C@@H](CCC(=O)Nc2ccc(C(F)(F)F)cc2)C(=O)NCC(N)=O)NC(=O)[C@H](CC(N)=O)NC(=O)C(CCC(N)=O)NC1=O. The average Bonchev–Trinajstić information content (AvgIpc) is 3.35. The van der Waals surface area contributed by atoms with E-state index in [9.17, 15) is 75.8 Å². The largest absolute Gasteiger partial charge is 0.508 e. The molecule has 2 aromatic carbocycles. The van der Waals surface area contributed by atoms with Gasteiger partial charge in [-0.3, -0.25) is 57.5 Å². The summed E-state index contributed by atoms with van der Waals surface area (Å²) in [6.45, 7) is 1.79. The van der Waals surface area contributed by atoms with Crippen molar-refractivity contribution in [1.29, 1.82) is 0 Å². The maximum atomic E-state index is 14.0. The summed E-state index contributed by atoms with van der Waals surface area (Å²) in [6, 6.07) is 0.115. The van der Waals surface area contributed by atoms with Gasteiger partial charge in [-0.1, -0.05) is 32.4 Å². The van der Waals surface area contributed by atoms with Gasteiger partial charge < -0.3 is 70.2 Å². The molecule has 0 aromatic heterocycles. The second-order valence-electron chi connectivity index (χ2n) is 17.6. The van der Waals surface area contributed by atoms with E-state index in [4.69, 9.17) is 17.2 Å². The van der Waals surface area contributed by atoms with E-state index < -0.39 is 170 Å². The molecule has 416 valence electrons. The number of halogens is 3. The van der Waals surface area contributed by atoms with Crippen LogP contribution in [-0.4, -0.2) is 137 Å². The molecule has 76 heavy (non-hydrogen) atoms. The normalized spacial score (nSPS) is 20.1. The van der Waals surface area contributed by atoms with Crippen LogP contribution < -0.4 is 65.1 Å². The fourth-order valence-electron chi connectivity index (χ4n) is 7.15. The summed E-state index contributed by atoms with van der Waals surface area (Å²) in [5.74, 6) is -11.9. The molecule has 29 heteroatoms.